The van der Waals surface area contributed by atoms with Gasteiger partial charge in [0.05, 0.1) is 24.7 Å². The Bertz CT molecular complexity index is 1140. The maximum absolute atomic E-state index is 13.4. The first-order chi connectivity index (χ1) is 14.6. The van der Waals surface area contributed by atoms with E-state index in [0.29, 0.717) is 29.0 Å². The van der Waals surface area contributed by atoms with Crippen LogP contribution in [0.1, 0.15) is 27.4 Å². The smallest absolute Gasteiger partial charge is 0.434 e. The minimum atomic E-state index is -4.77. The average molecular weight is 435 g/mol. The molecule has 2 heterocycles. The van der Waals surface area contributed by atoms with E-state index in [1.54, 1.807) is 13.8 Å². The Morgan fingerprint density at radius 1 is 1.06 bits per heavy atom. The van der Waals surface area contributed by atoms with Gasteiger partial charge in [-0.2, -0.15) is 13.2 Å². The highest BCUT2D eigenvalue weighted by Gasteiger charge is 2.34. The molecule has 0 radical (unpaired) electrons. The van der Waals surface area contributed by atoms with Crippen LogP contribution in [0.2, 0.25) is 0 Å². The molecule has 0 spiro atoms. The van der Waals surface area contributed by atoms with Crippen molar-refractivity contribution < 1.29 is 27.1 Å². The minimum Gasteiger partial charge on any atom is -0.481 e. The third-order valence-corrected chi connectivity index (χ3v) is 4.24. The number of alkyl halides is 3. The molecule has 31 heavy (non-hydrogen) atoms. The number of anilines is 3. The molecule has 0 unspecified atom stereocenters. The molecule has 0 aliphatic carbocycles. The van der Waals surface area contributed by atoms with Crippen LogP contribution in [0.3, 0.4) is 0 Å². The Balaban J connectivity index is 1.99. The molecule has 2 aromatic heterocycles. The van der Waals surface area contributed by atoms with Gasteiger partial charge in [-0.3, -0.25) is 4.79 Å². The lowest BCUT2D eigenvalue weighted by molar-refractivity contribution is -0.141. The van der Waals surface area contributed by atoms with E-state index < -0.39 is 29.4 Å². The number of benzene rings is 1. The van der Waals surface area contributed by atoms with Crippen molar-refractivity contribution >= 4 is 23.1 Å². The zero-order valence-electron chi connectivity index (χ0n) is 16.6. The Labute approximate surface area is 174 Å². The highest BCUT2D eigenvalue weighted by atomic mass is 19.4. The summed E-state index contributed by atoms with van der Waals surface area (Å²) in [6.07, 6.45) is -4.30. The van der Waals surface area contributed by atoms with Gasteiger partial charge in [0.15, 0.2) is 17.2 Å². The van der Waals surface area contributed by atoms with Gasteiger partial charge >= 0.3 is 6.18 Å². The maximum atomic E-state index is 13.4. The fourth-order valence-electron chi connectivity index (χ4n) is 2.64. The second-order valence-corrected chi connectivity index (χ2v) is 6.48. The summed E-state index contributed by atoms with van der Waals surface area (Å²) in [5, 5.41) is 5.19. The Morgan fingerprint density at radius 2 is 1.77 bits per heavy atom. The van der Waals surface area contributed by atoms with Gasteiger partial charge in [-0.05, 0) is 43.7 Å². The lowest BCUT2D eigenvalue weighted by Crippen LogP contribution is -2.20. The number of ether oxygens (including phenoxy) is 1. The van der Waals surface area contributed by atoms with Gasteiger partial charge in [0.25, 0.3) is 5.91 Å². The molecule has 11 heteroatoms. The van der Waals surface area contributed by atoms with E-state index in [9.17, 15) is 22.4 Å². The molecule has 0 saturated heterocycles. The van der Waals surface area contributed by atoms with E-state index in [1.807, 2.05) is 0 Å². The largest absolute Gasteiger partial charge is 0.481 e. The number of rotatable bonds is 5. The number of methoxy groups -OCH3 is 1. The molecule has 162 valence electrons. The van der Waals surface area contributed by atoms with Gasteiger partial charge in [-0.1, -0.05) is 0 Å². The lowest BCUT2D eigenvalue weighted by Gasteiger charge is -2.15. The molecule has 7 nitrogen and oxygen atoms in total. The molecule has 0 saturated carbocycles. The number of aromatic nitrogens is 3. The number of nitrogens with one attached hydrogen (secondary N) is 2. The molecule has 3 rings (SSSR count). The van der Waals surface area contributed by atoms with Gasteiger partial charge in [-0.25, -0.2) is 19.3 Å². The number of hydrogen-bond donors (Lipinski definition) is 2. The van der Waals surface area contributed by atoms with Gasteiger partial charge in [0.1, 0.15) is 5.82 Å². The summed E-state index contributed by atoms with van der Waals surface area (Å²) in [4.78, 5) is 24.1. The van der Waals surface area contributed by atoms with Crippen LogP contribution in [0.5, 0.6) is 5.88 Å². The second-order valence-electron chi connectivity index (χ2n) is 6.48. The average Bonchev–Trinajstić information content (AvgIpc) is 2.70. The fraction of sp³-hybridized carbons (Fsp3) is 0.200. The number of amides is 1. The van der Waals surface area contributed by atoms with Crippen molar-refractivity contribution in [2.45, 2.75) is 20.0 Å². The summed E-state index contributed by atoms with van der Waals surface area (Å²) in [5.41, 5.74) is -0.249. The molecule has 1 amide bonds. The monoisotopic (exact) mass is 435 g/mol. The Kier molecular flexibility index (Phi) is 6.04. The number of nitrogens with zero attached hydrogens (tertiary/aromatic N) is 3. The molecule has 1 aromatic carbocycles. The number of halogens is 4. The number of pyridine rings is 1. The predicted octanol–water partition coefficient (Wildman–Crippen LogP) is 4.65. The number of aryl methyl sites for hydroxylation is 2. The highest BCUT2D eigenvalue weighted by Crippen LogP contribution is 2.30. The van der Waals surface area contributed by atoms with Crippen LogP contribution in [0.4, 0.5) is 34.8 Å². The van der Waals surface area contributed by atoms with Crippen LogP contribution in [-0.2, 0) is 6.18 Å². The summed E-state index contributed by atoms with van der Waals surface area (Å²) in [5.74, 6) is -1.42. The zero-order chi connectivity index (χ0) is 22.8. The number of carbonyl (C=O) groups excluding carboxylic acids is 1. The fourth-order valence-corrected chi connectivity index (χ4v) is 2.64. The molecule has 0 aliphatic rings. The molecule has 0 bridgehead atoms. The zero-order valence-corrected chi connectivity index (χ0v) is 16.6. The SMILES string of the molecule is COc1ccc(NC(=O)c2ncc(C(F)(F)F)nc2Nc2ccc(F)cc2C)c(C)n1. The van der Waals surface area contributed by atoms with Crippen molar-refractivity contribution in [2.75, 3.05) is 17.7 Å². The molecule has 0 atom stereocenters. The van der Waals surface area contributed by atoms with Crippen LogP contribution in [0.25, 0.3) is 0 Å². The van der Waals surface area contributed by atoms with Crippen LogP contribution in [0.15, 0.2) is 36.5 Å². The van der Waals surface area contributed by atoms with Gasteiger partial charge < -0.3 is 15.4 Å². The van der Waals surface area contributed by atoms with Crippen LogP contribution in [0, 0.1) is 19.7 Å². The van der Waals surface area contributed by atoms with E-state index in [0.717, 1.165) is 6.07 Å². The maximum Gasteiger partial charge on any atom is 0.434 e. The number of carbonyl (C=O) groups is 1. The van der Waals surface area contributed by atoms with Crippen LogP contribution >= 0.6 is 0 Å². The van der Waals surface area contributed by atoms with E-state index >= 15 is 0 Å². The van der Waals surface area contributed by atoms with E-state index in [1.165, 1.54) is 31.4 Å². The van der Waals surface area contributed by atoms with Crippen molar-refractivity contribution in [1.82, 2.24) is 15.0 Å². The van der Waals surface area contributed by atoms with Gasteiger partial charge in [0.2, 0.25) is 5.88 Å². The Hall–Kier alpha value is -3.76. The third kappa shape index (κ3) is 5.05. The third-order valence-electron chi connectivity index (χ3n) is 4.24. The first-order valence-electron chi connectivity index (χ1n) is 8.89. The normalized spacial score (nSPS) is 11.2. The van der Waals surface area contributed by atoms with Crippen LogP contribution in [-0.4, -0.2) is 28.0 Å². The Morgan fingerprint density at radius 3 is 2.39 bits per heavy atom. The second kappa shape index (κ2) is 8.54. The van der Waals surface area contributed by atoms with E-state index in [-0.39, 0.29) is 11.4 Å². The van der Waals surface area contributed by atoms with Crippen molar-refractivity contribution in [3.63, 3.8) is 0 Å². The topological polar surface area (TPSA) is 89.0 Å². The molecule has 2 N–H and O–H groups in total. The molecular weight excluding hydrogens is 418 g/mol. The quantitative estimate of drug-likeness (QED) is 0.567. The summed E-state index contributed by atoms with van der Waals surface area (Å²) in [6, 6.07) is 6.69. The summed E-state index contributed by atoms with van der Waals surface area (Å²) in [7, 11) is 1.44. The van der Waals surface area contributed by atoms with E-state index in [2.05, 4.69) is 25.6 Å². The predicted molar refractivity (Wildman–Crippen MR) is 105 cm³/mol. The lowest BCUT2D eigenvalue weighted by atomic mass is 10.2. The van der Waals surface area contributed by atoms with Crippen molar-refractivity contribution in [2.24, 2.45) is 0 Å². The van der Waals surface area contributed by atoms with E-state index in [4.69, 9.17) is 4.74 Å². The molecule has 0 aliphatic heterocycles. The molecule has 3 aromatic rings. The molecule has 0 fully saturated rings. The summed E-state index contributed by atoms with van der Waals surface area (Å²) >= 11 is 0. The summed E-state index contributed by atoms with van der Waals surface area (Å²) < 4.78 is 57.8. The van der Waals surface area contributed by atoms with Crippen molar-refractivity contribution in [3.8, 4) is 5.88 Å². The number of hydrogen-bond acceptors (Lipinski definition) is 6. The first-order valence-corrected chi connectivity index (χ1v) is 8.89. The highest BCUT2D eigenvalue weighted by molar-refractivity contribution is 6.06. The van der Waals surface area contributed by atoms with Gasteiger partial charge in [0, 0.05) is 11.8 Å². The van der Waals surface area contributed by atoms with Gasteiger partial charge in [-0.15, -0.1) is 0 Å². The van der Waals surface area contributed by atoms with Crippen LogP contribution < -0.4 is 15.4 Å². The summed E-state index contributed by atoms with van der Waals surface area (Å²) in [6.45, 7) is 3.18. The standard InChI is InChI=1S/C20H17F4N5O2/c1-10-8-12(21)4-5-13(10)27-18-17(25-9-15(29-18)20(22,23)24)19(30)28-14-6-7-16(31-3)26-11(14)2/h4-9H,1-3H3,(H,27,29)(H,28,30). The van der Waals surface area contributed by atoms with Crippen molar-refractivity contribution in [1.29, 1.82) is 0 Å². The molecular formula is C20H17F4N5O2. The van der Waals surface area contributed by atoms with Crippen molar-refractivity contribution in [3.05, 3.63) is 65.0 Å². The minimum absolute atomic E-state index is 0.270. The first kappa shape index (κ1) is 21.9.